The Morgan fingerprint density at radius 1 is 1.28 bits per heavy atom. The maximum absolute atomic E-state index is 13.9. The summed E-state index contributed by atoms with van der Waals surface area (Å²) in [6, 6.07) is 1.39. The van der Waals surface area contributed by atoms with Crippen LogP contribution in [0.2, 0.25) is 0 Å². The number of rotatable bonds is 2. The average molecular weight is 256 g/mol. The van der Waals surface area contributed by atoms with Gasteiger partial charge in [0, 0.05) is 32.3 Å². The molecule has 0 radical (unpaired) electrons. The van der Waals surface area contributed by atoms with Crippen molar-refractivity contribution in [1.29, 1.82) is 0 Å². The van der Waals surface area contributed by atoms with Crippen molar-refractivity contribution in [3.63, 3.8) is 0 Å². The first-order chi connectivity index (χ1) is 8.45. The first-order valence-corrected chi connectivity index (χ1v) is 5.46. The minimum Gasteiger partial charge on any atom is -0.494 e. The number of nitrogens with zero attached hydrogens (tertiary/aromatic N) is 2. The van der Waals surface area contributed by atoms with Gasteiger partial charge in [0.25, 0.3) is 0 Å². The van der Waals surface area contributed by atoms with E-state index in [2.05, 4.69) is 0 Å². The van der Waals surface area contributed by atoms with Gasteiger partial charge in [-0.1, -0.05) is 0 Å². The van der Waals surface area contributed by atoms with Crippen molar-refractivity contribution in [3.8, 4) is 5.75 Å². The van der Waals surface area contributed by atoms with Crippen LogP contribution in [0.1, 0.15) is 11.6 Å². The van der Waals surface area contributed by atoms with Crippen LogP contribution in [-0.4, -0.2) is 43.6 Å². The minimum atomic E-state index is -0.635. The molecule has 18 heavy (non-hydrogen) atoms. The molecular weight excluding hydrogens is 242 g/mol. The lowest BCUT2D eigenvalue weighted by Crippen LogP contribution is -2.26. The van der Waals surface area contributed by atoms with Gasteiger partial charge in [0.1, 0.15) is 5.82 Å². The van der Waals surface area contributed by atoms with Crippen LogP contribution in [-0.2, 0) is 0 Å². The predicted octanol–water partition coefficient (Wildman–Crippen LogP) is 2.01. The first kappa shape index (κ1) is 12.6. The van der Waals surface area contributed by atoms with Crippen molar-refractivity contribution >= 4 is 6.03 Å². The van der Waals surface area contributed by atoms with Crippen LogP contribution in [0.4, 0.5) is 13.6 Å². The van der Waals surface area contributed by atoms with E-state index >= 15 is 0 Å². The highest BCUT2D eigenvalue weighted by Crippen LogP contribution is 2.32. The van der Waals surface area contributed by atoms with Crippen LogP contribution in [0.3, 0.4) is 0 Å². The Balaban J connectivity index is 2.40. The van der Waals surface area contributed by atoms with Crippen molar-refractivity contribution in [3.05, 3.63) is 29.3 Å². The number of benzene rings is 1. The highest BCUT2D eigenvalue weighted by molar-refractivity contribution is 5.76. The van der Waals surface area contributed by atoms with Gasteiger partial charge in [-0.2, -0.15) is 0 Å². The van der Waals surface area contributed by atoms with E-state index in [1.165, 1.54) is 16.9 Å². The van der Waals surface area contributed by atoms with E-state index in [-0.39, 0.29) is 17.3 Å². The molecule has 0 N–H and O–H groups in total. The summed E-state index contributed by atoms with van der Waals surface area (Å²) in [7, 11) is 4.46. The number of hydrogen-bond donors (Lipinski definition) is 0. The molecule has 1 atom stereocenters. The zero-order valence-electron chi connectivity index (χ0n) is 10.4. The fourth-order valence-electron chi connectivity index (χ4n) is 2.13. The Hall–Kier alpha value is -1.85. The van der Waals surface area contributed by atoms with Crippen LogP contribution in [0.15, 0.2) is 12.1 Å². The lowest BCUT2D eigenvalue weighted by atomic mass is 10.1. The van der Waals surface area contributed by atoms with Gasteiger partial charge in [-0.25, -0.2) is 13.6 Å². The minimum absolute atomic E-state index is 0.142. The van der Waals surface area contributed by atoms with E-state index in [1.807, 2.05) is 0 Å². The molecule has 1 saturated heterocycles. The molecule has 0 spiro atoms. The monoisotopic (exact) mass is 256 g/mol. The summed E-state index contributed by atoms with van der Waals surface area (Å²) >= 11 is 0. The molecule has 1 fully saturated rings. The van der Waals surface area contributed by atoms with Crippen LogP contribution in [0, 0.1) is 11.6 Å². The Kier molecular flexibility index (Phi) is 3.11. The number of hydrogen-bond acceptors (Lipinski definition) is 2. The van der Waals surface area contributed by atoms with Crippen LogP contribution in [0.5, 0.6) is 5.75 Å². The van der Waals surface area contributed by atoms with Gasteiger partial charge in [0.15, 0.2) is 11.6 Å². The van der Waals surface area contributed by atoms with Gasteiger partial charge >= 0.3 is 6.03 Å². The molecule has 0 saturated carbocycles. The summed E-state index contributed by atoms with van der Waals surface area (Å²) in [6.45, 7) is 0.331. The molecule has 1 unspecified atom stereocenters. The molecule has 98 valence electrons. The second-order valence-electron chi connectivity index (χ2n) is 4.30. The Morgan fingerprint density at radius 2 is 1.94 bits per heavy atom. The largest absolute Gasteiger partial charge is 0.494 e. The zero-order valence-corrected chi connectivity index (χ0v) is 10.4. The summed E-state index contributed by atoms with van der Waals surface area (Å²) < 4.78 is 32.2. The van der Waals surface area contributed by atoms with Crippen molar-refractivity contribution in [2.45, 2.75) is 6.04 Å². The number of amides is 2. The van der Waals surface area contributed by atoms with Crippen molar-refractivity contribution < 1.29 is 18.3 Å². The summed E-state index contributed by atoms with van der Waals surface area (Å²) in [4.78, 5) is 14.5. The first-order valence-electron chi connectivity index (χ1n) is 5.46. The molecule has 1 aromatic carbocycles. The molecule has 2 rings (SSSR count). The standard InChI is InChI=1S/C12H14F2N2O2/c1-15-6-10(16(2)12(15)17)7-4-9(14)11(18-3)5-8(7)13/h4-5,10H,6H2,1-3H3. The van der Waals surface area contributed by atoms with E-state index in [4.69, 9.17) is 4.74 Å². The van der Waals surface area contributed by atoms with Gasteiger partial charge in [-0.3, -0.25) is 0 Å². The topological polar surface area (TPSA) is 32.8 Å². The number of likely N-dealkylation sites (N-methyl/N-ethyl adjacent to an activating group) is 2. The summed E-state index contributed by atoms with van der Waals surface area (Å²) in [6.07, 6.45) is 0. The maximum atomic E-state index is 13.9. The number of methoxy groups -OCH3 is 1. The second-order valence-corrected chi connectivity index (χ2v) is 4.30. The third-order valence-corrected chi connectivity index (χ3v) is 3.17. The van der Waals surface area contributed by atoms with Crippen molar-refractivity contribution in [2.24, 2.45) is 0 Å². The number of urea groups is 1. The molecule has 2 amide bonds. The number of ether oxygens (including phenoxy) is 1. The third kappa shape index (κ3) is 1.87. The molecule has 1 aromatic rings. The molecule has 0 aliphatic carbocycles. The van der Waals surface area contributed by atoms with Crippen molar-refractivity contribution in [2.75, 3.05) is 27.7 Å². The van der Waals surface area contributed by atoms with Gasteiger partial charge in [-0.05, 0) is 6.07 Å². The Labute approximate surface area is 104 Å². The van der Waals surface area contributed by atoms with Crippen molar-refractivity contribution in [1.82, 2.24) is 9.80 Å². The SMILES string of the molecule is COc1cc(F)c(C2CN(C)C(=O)N2C)cc1F. The number of carbonyl (C=O) groups is 1. The van der Waals surface area contributed by atoms with E-state index < -0.39 is 17.7 Å². The van der Waals surface area contributed by atoms with Gasteiger partial charge < -0.3 is 14.5 Å². The van der Waals surface area contributed by atoms with Gasteiger partial charge in [0.05, 0.1) is 13.2 Å². The van der Waals surface area contributed by atoms with E-state index in [0.29, 0.717) is 6.54 Å². The normalized spacial score (nSPS) is 19.6. The number of halogens is 2. The van der Waals surface area contributed by atoms with E-state index in [0.717, 1.165) is 12.1 Å². The van der Waals surface area contributed by atoms with Crippen LogP contribution < -0.4 is 4.74 Å². The predicted molar refractivity (Wildman–Crippen MR) is 61.4 cm³/mol. The molecule has 1 aliphatic rings. The molecule has 1 heterocycles. The smallest absolute Gasteiger partial charge is 0.320 e. The molecular formula is C12H14F2N2O2. The highest BCUT2D eigenvalue weighted by atomic mass is 19.1. The molecule has 0 bridgehead atoms. The fraction of sp³-hybridized carbons (Fsp3) is 0.417. The fourth-order valence-corrected chi connectivity index (χ4v) is 2.13. The maximum Gasteiger partial charge on any atom is 0.320 e. The highest BCUT2D eigenvalue weighted by Gasteiger charge is 2.35. The van der Waals surface area contributed by atoms with E-state index in [1.54, 1.807) is 14.1 Å². The molecule has 1 aliphatic heterocycles. The third-order valence-electron chi connectivity index (χ3n) is 3.17. The lowest BCUT2D eigenvalue weighted by molar-refractivity contribution is 0.201. The Morgan fingerprint density at radius 3 is 2.44 bits per heavy atom. The second kappa shape index (κ2) is 4.44. The molecule has 4 nitrogen and oxygen atoms in total. The van der Waals surface area contributed by atoms with E-state index in [9.17, 15) is 13.6 Å². The van der Waals surface area contributed by atoms with Crippen LogP contribution >= 0.6 is 0 Å². The van der Waals surface area contributed by atoms with Gasteiger partial charge in [-0.15, -0.1) is 0 Å². The van der Waals surface area contributed by atoms with Gasteiger partial charge in [0.2, 0.25) is 0 Å². The molecule has 6 heteroatoms. The zero-order chi connectivity index (χ0) is 13.4. The quantitative estimate of drug-likeness (QED) is 0.811. The lowest BCUT2D eigenvalue weighted by Gasteiger charge is -2.19. The number of carbonyl (C=O) groups excluding carboxylic acids is 1. The Bertz CT molecular complexity index is 493. The molecule has 0 aromatic heterocycles. The van der Waals surface area contributed by atoms with Crippen LogP contribution in [0.25, 0.3) is 0 Å². The average Bonchev–Trinajstić information content (AvgIpc) is 2.59. The summed E-state index contributed by atoms with van der Waals surface area (Å²) in [5.74, 6) is -1.35. The summed E-state index contributed by atoms with van der Waals surface area (Å²) in [5.41, 5.74) is 0.161. The summed E-state index contributed by atoms with van der Waals surface area (Å²) in [5, 5.41) is 0.